The first-order valence-corrected chi connectivity index (χ1v) is 9.16. The zero-order chi connectivity index (χ0) is 20.7. The first-order valence-electron chi connectivity index (χ1n) is 9.16. The Morgan fingerprint density at radius 3 is 2.75 bits per heavy atom. The number of aliphatic hydroxyl groups is 2. The van der Waals surface area contributed by atoms with Gasteiger partial charge in [0, 0.05) is 6.20 Å². The molecule has 1 aliphatic heterocycles. The lowest BCUT2D eigenvalue weighted by atomic mass is 10.1. The van der Waals surface area contributed by atoms with Crippen LogP contribution < -0.4 is 11.0 Å². The fourth-order valence-corrected chi connectivity index (χ4v) is 2.86. The molecule has 0 saturated carbocycles. The van der Waals surface area contributed by atoms with Crippen molar-refractivity contribution in [2.75, 3.05) is 18.5 Å². The van der Waals surface area contributed by atoms with Gasteiger partial charge in [0.15, 0.2) is 6.10 Å². The lowest BCUT2D eigenvalue weighted by Gasteiger charge is -2.23. The summed E-state index contributed by atoms with van der Waals surface area (Å²) in [5.41, 5.74) is -1.12. The molecule has 2 heterocycles. The monoisotopic (exact) mass is 405 g/mol. The van der Waals surface area contributed by atoms with E-state index >= 15 is 0 Å². The number of nitrogens with one attached hydrogen (secondary N) is 1. The van der Waals surface area contributed by atoms with E-state index in [0.29, 0.717) is 11.0 Å². The van der Waals surface area contributed by atoms with E-state index in [-0.39, 0.29) is 12.4 Å². The van der Waals surface area contributed by atoms with Gasteiger partial charge in [0.05, 0.1) is 13.2 Å². The van der Waals surface area contributed by atoms with E-state index in [9.17, 15) is 23.5 Å². The third-order valence-electron chi connectivity index (χ3n) is 4.39. The van der Waals surface area contributed by atoms with E-state index in [0.717, 1.165) is 37.9 Å². The fourth-order valence-electron chi connectivity index (χ4n) is 2.86. The number of aromatic nitrogens is 2. The number of carbonyl (C=O) groups excluding carboxylic acids is 1. The van der Waals surface area contributed by atoms with Crippen LogP contribution in [0, 0.1) is 0 Å². The third kappa shape index (κ3) is 5.03. The van der Waals surface area contributed by atoms with Gasteiger partial charge in [0.1, 0.15) is 11.9 Å². The second-order valence-corrected chi connectivity index (χ2v) is 6.49. The highest BCUT2D eigenvalue weighted by Gasteiger charge is 2.60. The molecule has 3 atom stereocenters. The van der Waals surface area contributed by atoms with Gasteiger partial charge in [0.2, 0.25) is 6.23 Å². The molecular weight excluding hydrogens is 380 g/mol. The van der Waals surface area contributed by atoms with Crippen LogP contribution in [0.25, 0.3) is 0 Å². The minimum atomic E-state index is -3.89. The maximum absolute atomic E-state index is 14.4. The zero-order valence-corrected chi connectivity index (χ0v) is 15.5. The molecule has 158 valence electrons. The predicted octanol–water partition coefficient (Wildman–Crippen LogP) is 1.65. The average molecular weight is 405 g/mol. The van der Waals surface area contributed by atoms with E-state index < -0.39 is 42.7 Å². The second-order valence-electron chi connectivity index (χ2n) is 6.49. The van der Waals surface area contributed by atoms with Crippen LogP contribution >= 0.6 is 0 Å². The number of aliphatic hydroxyl groups excluding tert-OH is 2. The van der Waals surface area contributed by atoms with Crippen LogP contribution in [0.4, 0.5) is 19.4 Å². The van der Waals surface area contributed by atoms with Crippen molar-refractivity contribution < 1.29 is 33.3 Å². The number of anilines is 1. The van der Waals surface area contributed by atoms with E-state index in [2.05, 4.69) is 17.2 Å². The molecule has 1 amide bonds. The van der Waals surface area contributed by atoms with Gasteiger partial charge in [-0.15, -0.1) is 0 Å². The van der Waals surface area contributed by atoms with E-state index in [1.165, 1.54) is 0 Å². The van der Waals surface area contributed by atoms with Gasteiger partial charge in [-0.1, -0.05) is 32.6 Å². The fraction of sp³-hybridized carbons (Fsp3) is 0.706. The van der Waals surface area contributed by atoms with Crippen molar-refractivity contribution in [1.29, 1.82) is 0 Å². The summed E-state index contributed by atoms with van der Waals surface area (Å²) < 4.78 is 39.1. The van der Waals surface area contributed by atoms with Crippen LogP contribution in [-0.4, -0.2) is 57.2 Å². The Hall–Kier alpha value is -2.11. The Labute approximate surface area is 160 Å². The van der Waals surface area contributed by atoms with Crippen LogP contribution in [-0.2, 0) is 9.47 Å². The molecule has 1 aromatic rings. The number of hydrogen-bond donors (Lipinski definition) is 3. The molecule has 2 rings (SSSR count). The predicted molar refractivity (Wildman–Crippen MR) is 94.2 cm³/mol. The van der Waals surface area contributed by atoms with E-state index in [1.807, 2.05) is 0 Å². The first kappa shape index (κ1) is 22.2. The molecule has 9 nitrogen and oxygen atoms in total. The Morgan fingerprint density at radius 2 is 2.11 bits per heavy atom. The van der Waals surface area contributed by atoms with Crippen LogP contribution in [0.15, 0.2) is 17.1 Å². The maximum atomic E-state index is 14.4. The van der Waals surface area contributed by atoms with Crippen molar-refractivity contribution >= 4 is 11.9 Å². The normalized spacial score (nSPS) is 23.5. The molecule has 1 aliphatic rings. The van der Waals surface area contributed by atoms with Crippen molar-refractivity contribution in [2.45, 2.75) is 63.4 Å². The molecule has 11 heteroatoms. The van der Waals surface area contributed by atoms with Gasteiger partial charge < -0.3 is 19.7 Å². The summed E-state index contributed by atoms with van der Waals surface area (Å²) in [5.74, 6) is -4.22. The minimum absolute atomic E-state index is 0.145. The molecule has 0 spiro atoms. The molecule has 0 aliphatic carbocycles. The van der Waals surface area contributed by atoms with Crippen LogP contribution in [0.1, 0.15) is 45.3 Å². The van der Waals surface area contributed by atoms with Crippen LogP contribution in [0.2, 0.25) is 0 Å². The van der Waals surface area contributed by atoms with Crippen molar-refractivity contribution in [3.8, 4) is 0 Å². The van der Waals surface area contributed by atoms with Crippen molar-refractivity contribution in [3.63, 3.8) is 0 Å². The third-order valence-corrected chi connectivity index (χ3v) is 4.39. The highest BCUT2D eigenvalue weighted by molar-refractivity contribution is 5.83. The van der Waals surface area contributed by atoms with Gasteiger partial charge in [-0.25, -0.2) is 19.1 Å². The minimum Gasteiger partial charge on any atom is -0.449 e. The smallest absolute Gasteiger partial charge is 0.412 e. The SMILES string of the molecule is CCCCCCCOC(=O)Nc1ccnc(=O)n1[C@@H]1O[C@H](CO)[C@@H](O)C1(F)F. The zero-order valence-electron chi connectivity index (χ0n) is 15.5. The Balaban J connectivity index is 2.08. The Morgan fingerprint density at radius 1 is 1.39 bits per heavy atom. The number of amides is 1. The van der Waals surface area contributed by atoms with Crippen LogP contribution in [0.3, 0.4) is 0 Å². The number of halogens is 2. The molecule has 0 aromatic carbocycles. The molecule has 0 radical (unpaired) electrons. The largest absolute Gasteiger partial charge is 0.449 e. The molecule has 1 saturated heterocycles. The summed E-state index contributed by atoms with van der Waals surface area (Å²) in [6, 6.07) is 1.13. The molecule has 1 fully saturated rings. The summed E-state index contributed by atoms with van der Waals surface area (Å²) in [5, 5.41) is 20.9. The number of unbranched alkanes of at least 4 members (excludes halogenated alkanes) is 4. The van der Waals surface area contributed by atoms with E-state index in [1.54, 1.807) is 0 Å². The molecular formula is C17H25F2N3O6. The lowest BCUT2D eigenvalue weighted by Crippen LogP contribution is -2.42. The lowest BCUT2D eigenvalue weighted by molar-refractivity contribution is -0.140. The molecule has 0 unspecified atom stereocenters. The second kappa shape index (κ2) is 9.89. The number of hydrogen-bond acceptors (Lipinski definition) is 7. The van der Waals surface area contributed by atoms with Crippen molar-refractivity contribution in [1.82, 2.24) is 9.55 Å². The summed E-state index contributed by atoms with van der Waals surface area (Å²) >= 11 is 0. The van der Waals surface area contributed by atoms with Gasteiger partial charge in [-0.3, -0.25) is 5.32 Å². The average Bonchev–Trinajstić information content (AvgIpc) is 2.88. The van der Waals surface area contributed by atoms with Gasteiger partial charge in [0.25, 0.3) is 0 Å². The highest BCUT2D eigenvalue weighted by Crippen LogP contribution is 2.43. The standard InChI is InChI=1S/C17H25F2N3O6/c1-2-3-4-5-6-9-27-16(26)21-12-7-8-20-15(25)22(12)14-17(18,19)13(24)11(10-23)28-14/h7-8,11,13-14,23-24H,2-6,9-10H2,1H3,(H,21,26)/t11-,13-,14-/m1/s1. The topological polar surface area (TPSA) is 123 Å². The van der Waals surface area contributed by atoms with Gasteiger partial charge >= 0.3 is 17.7 Å². The number of carbonyl (C=O) groups is 1. The molecule has 0 bridgehead atoms. The number of nitrogens with zero attached hydrogens (tertiary/aromatic N) is 2. The summed E-state index contributed by atoms with van der Waals surface area (Å²) in [7, 11) is 0. The van der Waals surface area contributed by atoms with Gasteiger partial charge in [-0.2, -0.15) is 8.78 Å². The first-order chi connectivity index (χ1) is 13.3. The van der Waals surface area contributed by atoms with E-state index in [4.69, 9.17) is 14.6 Å². The molecule has 1 aromatic heterocycles. The summed E-state index contributed by atoms with van der Waals surface area (Å²) in [6.07, 6.45) is -1.30. The van der Waals surface area contributed by atoms with Crippen LogP contribution in [0.5, 0.6) is 0 Å². The molecule has 3 N–H and O–H groups in total. The number of rotatable bonds is 9. The Bertz CT molecular complexity index is 714. The number of ether oxygens (including phenoxy) is 2. The quantitative estimate of drug-likeness (QED) is 0.534. The Kier molecular flexibility index (Phi) is 7.84. The highest BCUT2D eigenvalue weighted by atomic mass is 19.3. The maximum Gasteiger partial charge on any atom is 0.412 e. The van der Waals surface area contributed by atoms with Crippen molar-refractivity contribution in [3.05, 3.63) is 22.7 Å². The summed E-state index contributed by atoms with van der Waals surface area (Å²) in [4.78, 5) is 27.4. The molecule has 28 heavy (non-hydrogen) atoms. The summed E-state index contributed by atoms with van der Waals surface area (Å²) in [6.45, 7) is 1.36. The van der Waals surface area contributed by atoms with Gasteiger partial charge in [-0.05, 0) is 12.5 Å². The van der Waals surface area contributed by atoms with Crippen molar-refractivity contribution in [2.24, 2.45) is 0 Å². The number of alkyl halides is 2.